The first-order valence-electron chi connectivity index (χ1n) is 5.29. The average molecular weight is 219 g/mol. The van der Waals surface area contributed by atoms with Crippen LogP contribution in [0, 0.1) is 0 Å². The van der Waals surface area contributed by atoms with Crippen LogP contribution in [0.15, 0.2) is 23.2 Å². The molecule has 0 amide bonds. The molecule has 0 radical (unpaired) electrons. The first-order valence-corrected chi connectivity index (χ1v) is 5.29. The lowest BCUT2D eigenvalue weighted by atomic mass is 9.89. The van der Waals surface area contributed by atoms with Crippen molar-refractivity contribution in [1.82, 2.24) is 0 Å². The minimum atomic E-state index is -0.549. The zero-order chi connectivity index (χ0) is 11.6. The van der Waals surface area contributed by atoms with Gasteiger partial charge in [0.15, 0.2) is 11.5 Å². The normalized spacial score (nSPS) is 18.0. The van der Waals surface area contributed by atoms with Crippen molar-refractivity contribution in [3.05, 3.63) is 23.8 Å². The average Bonchev–Trinajstić information content (AvgIpc) is 2.72. The van der Waals surface area contributed by atoms with Crippen LogP contribution in [-0.2, 0) is 10.3 Å². The molecule has 0 saturated heterocycles. The van der Waals surface area contributed by atoms with Crippen LogP contribution in [0.25, 0.3) is 0 Å². The number of benzene rings is 1. The summed E-state index contributed by atoms with van der Waals surface area (Å²) in [5.74, 6) is -0.336. The molecule has 4 heteroatoms. The summed E-state index contributed by atoms with van der Waals surface area (Å²) in [6.07, 6.45) is 5.20. The molecule has 0 bridgehead atoms. The van der Waals surface area contributed by atoms with Crippen LogP contribution < -0.4 is 0 Å². The van der Waals surface area contributed by atoms with Gasteiger partial charge in [0.25, 0.3) is 0 Å². The molecule has 1 saturated carbocycles. The Labute approximate surface area is 93.3 Å². The Morgan fingerprint density at radius 1 is 1.19 bits per heavy atom. The van der Waals surface area contributed by atoms with Gasteiger partial charge in [-0.3, -0.25) is 0 Å². The van der Waals surface area contributed by atoms with Crippen LogP contribution in [0.3, 0.4) is 0 Å². The fourth-order valence-electron chi connectivity index (χ4n) is 2.33. The van der Waals surface area contributed by atoms with Crippen molar-refractivity contribution in [2.75, 3.05) is 0 Å². The molecular weight excluding hydrogens is 206 g/mol. The first-order chi connectivity index (χ1) is 7.68. The van der Waals surface area contributed by atoms with Crippen LogP contribution in [0.5, 0.6) is 11.5 Å². The maximum absolute atomic E-state index is 10.5. The van der Waals surface area contributed by atoms with Crippen LogP contribution in [0.4, 0.5) is 0 Å². The topological polar surface area (TPSA) is 69.9 Å². The third kappa shape index (κ3) is 1.68. The summed E-state index contributed by atoms with van der Waals surface area (Å²) in [6.45, 7) is 0. The highest BCUT2D eigenvalue weighted by atomic mass is 16.3. The van der Waals surface area contributed by atoms with Gasteiger partial charge in [0, 0.05) is 0 Å². The molecular formula is C12H13NO3. The van der Waals surface area contributed by atoms with Crippen molar-refractivity contribution in [2.24, 2.45) is 4.99 Å². The lowest BCUT2D eigenvalue weighted by molar-refractivity contribution is 0.397. The summed E-state index contributed by atoms with van der Waals surface area (Å²) in [5, 5.41) is 18.7. The van der Waals surface area contributed by atoms with Crippen LogP contribution in [-0.4, -0.2) is 16.3 Å². The first kappa shape index (κ1) is 10.7. The van der Waals surface area contributed by atoms with Crippen LogP contribution >= 0.6 is 0 Å². The van der Waals surface area contributed by atoms with Gasteiger partial charge in [0.05, 0.1) is 5.54 Å². The molecule has 1 aromatic carbocycles. The molecule has 0 aromatic heterocycles. The van der Waals surface area contributed by atoms with Crippen molar-refractivity contribution in [3.8, 4) is 11.5 Å². The highest BCUT2D eigenvalue weighted by Crippen LogP contribution is 2.43. The monoisotopic (exact) mass is 219 g/mol. The van der Waals surface area contributed by atoms with E-state index in [1.165, 1.54) is 12.1 Å². The molecule has 4 nitrogen and oxygen atoms in total. The summed E-state index contributed by atoms with van der Waals surface area (Å²) in [6, 6.07) is 4.59. The summed E-state index contributed by atoms with van der Waals surface area (Å²) >= 11 is 0. The van der Waals surface area contributed by atoms with Gasteiger partial charge in [0.2, 0.25) is 6.08 Å². The maximum atomic E-state index is 10.5. The second kappa shape index (κ2) is 3.99. The van der Waals surface area contributed by atoms with Crippen molar-refractivity contribution >= 4 is 6.08 Å². The van der Waals surface area contributed by atoms with E-state index in [9.17, 15) is 15.0 Å². The molecule has 2 rings (SSSR count). The molecule has 0 heterocycles. The second-order valence-electron chi connectivity index (χ2n) is 4.15. The van der Waals surface area contributed by atoms with E-state index in [1.54, 1.807) is 12.1 Å². The molecule has 1 aliphatic rings. The van der Waals surface area contributed by atoms with E-state index in [-0.39, 0.29) is 11.5 Å². The standard InChI is InChI=1S/C12H13NO3/c14-8-13-12(5-1-2-6-12)9-3-4-10(15)11(16)7-9/h3-4,7,15-16H,1-2,5-6H2. The minimum Gasteiger partial charge on any atom is -0.504 e. The van der Waals surface area contributed by atoms with Crippen molar-refractivity contribution < 1.29 is 15.0 Å². The van der Waals surface area contributed by atoms with Gasteiger partial charge in [-0.15, -0.1) is 0 Å². The molecule has 16 heavy (non-hydrogen) atoms. The number of nitrogens with zero attached hydrogens (tertiary/aromatic N) is 1. The van der Waals surface area contributed by atoms with E-state index in [4.69, 9.17) is 0 Å². The predicted octanol–water partition coefficient (Wildman–Crippen LogP) is 2.20. The Morgan fingerprint density at radius 3 is 2.44 bits per heavy atom. The van der Waals surface area contributed by atoms with Crippen molar-refractivity contribution in [1.29, 1.82) is 0 Å². The molecule has 2 N–H and O–H groups in total. The van der Waals surface area contributed by atoms with Gasteiger partial charge in [-0.2, -0.15) is 4.99 Å². The summed E-state index contributed by atoms with van der Waals surface area (Å²) in [7, 11) is 0. The van der Waals surface area contributed by atoms with E-state index in [0.29, 0.717) is 0 Å². The summed E-state index contributed by atoms with van der Waals surface area (Å²) < 4.78 is 0. The third-order valence-corrected chi connectivity index (χ3v) is 3.20. The van der Waals surface area contributed by atoms with Gasteiger partial charge in [-0.05, 0) is 30.5 Å². The molecule has 0 unspecified atom stereocenters. The Hall–Kier alpha value is -1.80. The number of isocyanates is 1. The predicted molar refractivity (Wildman–Crippen MR) is 58.0 cm³/mol. The van der Waals surface area contributed by atoms with E-state index in [2.05, 4.69) is 4.99 Å². The molecule has 1 aliphatic carbocycles. The molecule has 0 aliphatic heterocycles. The molecule has 1 fully saturated rings. The Balaban J connectivity index is 2.47. The molecule has 0 spiro atoms. The van der Waals surface area contributed by atoms with Crippen molar-refractivity contribution in [3.63, 3.8) is 0 Å². The van der Waals surface area contributed by atoms with Gasteiger partial charge in [-0.25, -0.2) is 4.79 Å². The zero-order valence-corrected chi connectivity index (χ0v) is 8.81. The number of phenols is 2. The van der Waals surface area contributed by atoms with E-state index in [0.717, 1.165) is 31.2 Å². The number of carbonyl (C=O) groups excluding carboxylic acids is 1. The zero-order valence-electron chi connectivity index (χ0n) is 8.81. The summed E-state index contributed by atoms with van der Waals surface area (Å²) in [5.41, 5.74) is 0.219. The SMILES string of the molecule is O=C=NC1(c2ccc(O)c(O)c2)CCCC1. The second-order valence-corrected chi connectivity index (χ2v) is 4.15. The van der Waals surface area contributed by atoms with E-state index < -0.39 is 5.54 Å². The number of hydrogen-bond acceptors (Lipinski definition) is 4. The number of phenolic OH excluding ortho intramolecular Hbond substituents is 2. The number of rotatable bonds is 2. The highest BCUT2D eigenvalue weighted by Gasteiger charge is 2.36. The smallest absolute Gasteiger partial charge is 0.235 e. The minimum absolute atomic E-state index is 0.160. The van der Waals surface area contributed by atoms with E-state index in [1.807, 2.05) is 0 Å². The van der Waals surface area contributed by atoms with Gasteiger partial charge < -0.3 is 10.2 Å². The molecule has 0 atom stereocenters. The van der Waals surface area contributed by atoms with E-state index >= 15 is 0 Å². The van der Waals surface area contributed by atoms with Gasteiger partial charge >= 0.3 is 0 Å². The number of hydrogen-bond donors (Lipinski definition) is 2. The third-order valence-electron chi connectivity index (χ3n) is 3.20. The maximum Gasteiger partial charge on any atom is 0.235 e. The fraction of sp³-hybridized carbons (Fsp3) is 0.417. The number of aromatic hydroxyl groups is 2. The van der Waals surface area contributed by atoms with Gasteiger partial charge in [-0.1, -0.05) is 18.9 Å². The lowest BCUT2D eigenvalue weighted by Crippen LogP contribution is -2.18. The Bertz CT molecular complexity index is 444. The molecule has 84 valence electrons. The largest absolute Gasteiger partial charge is 0.504 e. The van der Waals surface area contributed by atoms with Crippen LogP contribution in [0.2, 0.25) is 0 Å². The quantitative estimate of drug-likeness (QED) is 0.455. The molecule has 1 aromatic rings. The highest BCUT2D eigenvalue weighted by molar-refractivity contribution is 5.45. The van der Waals surface area contributed by atoms with Crippen LogP contribution in [0.1, 0.15) is 31.2 Å². The summed E-state index contributed by atoms with van der Waals surface area (Å²) in [4.78, 5) is 14.4. The Kier molecular flexibility index (Phi) is 2.67. The van der Waals surface area contributed by atoms with Gasteiger partial charge in [0.1, 0.15) is 0 Å². The number of aliphatic imine (C=N–C) groups is 1. The lowest BCUT2D eigenvalue weighted by Gasteiger charge is -2.22. The fourth-order valence-corrected chi connectivity index (χ4v) is 2.33. The Morgan fingerprint density at radius 2 is 1.88 bits per heavy atom. The van der Waals surface area contributed by atoms with Crippen molar-refractivity contribution in [2.45, 2.75) is 31.2 Å².